The zero-order valence-electron chi connectivity index (χ0n) is 27.4. The normalized spacial score (nSPS) is 14.6. The fourth-order valence-electron chi connectivity index (χ4n) is 6.86. The van der Waals surface area contributed by atoms with E-state index in [2.05, 4.69) is 29.0 Å². The van der Waals surface area contributed by atoms with E-state index in [9.17, 15) is 9.18 Å². The molecule has 0 atom stereocenters. The molecule has 0 unspecified atom stereocenters. The van der Waals surface area contributed by atoms with Gasteiger partial charge in [-0.2, -0.15) is 5.10 Å². The average Bonchev–Trinajstić information content (AvgIpc) is 3.54. The summed E-state index contributed by atoms with van der Waals surface area (Å²) in [6.07, 6.45) is 9.15. The third-order valence-electron chi connectivity index (χ3n) is 8.94. The van der Waals surface area contributed by atoms with E-state index in [0.717, 1.165) is 88.5 Å². The summed E-state index contributed by atoms with van der Waals surface area (Å²) in [6, 6.07) is 14.3. The van der Waals surface area contributed by atoms with Crippen molar-refractivity contribution in [1.82, 2.24) is 19.7 Å². The first kappa shape index (κ1) is 32.8. The number of rotatable bonds is 8. The molecule has 6 rings (SSSR count). The standard InChI is InChI=1S/C38H42ClFN4O3/c1-4-32-35-31(42-43(32)3)14-6-7-20-41-21-8-9-22-44-36-29(18-19-30(39)34(35)36)28(37(44)38(45)46-5-2)13-11-23-47-33-15-10-12-25-24-26(40)16-17-27(25)33/h8-10,12,15-19,24,41H,4-7,11,13-14,20-23H2,1-3H3/b9-8-. The molecule has 3 aromatic carbocycles. The molecule has 0 aliphatic carbocycles. The van der Waals surface area contributed by atoms with Gasteiger partial charge in [0.25, 0.3) is 0 Å². The second kappa shape index (κ2) is 14.7. The molecule has 0 saturated carbocycles. The number of fused-ring (bicyclic) bond motifs is 3. The predicted octanol–water partition coefficient (Wildman–Crippen LogP) is 8.22. The lowest BCUT2D eigenvalue weighted by Crippen LogP contribution is -2.16. The monoisotopic (exact) mass is 656 g/mol. The number of benzene rings is 3. The van der Waals surface area contributed by atoms with Crippen molar-refractivity contribution >= 4 is 39.2 Å². The Hall–Kier alpha value is -4.14. The lowest BCUT2D eigenvalue weighted by molar-refractivity contribution is 0.0513. The first-order valence-electron chi connectivity index (χ1n) is 16.7. The minimum Gasteiger partial charge on any atom is -0.493 e. The summed E-state index contributed by atoms with van der Waals surface area (Å²) in [5.74, 6) is 0.0738. The van der Waals surface area contributed by atoms with Crippen molar-refractivity contribution in [3.05, 3.63) is 94.2 Å². The summed E-state index contributed by atoms with van der Waals surface area (Å²) in [5.41, 5.74) is 6.51. The van der Waals surface area contributed by atoms with Crippen LogP contribution in [0.3, 0.4) is 0 Å². The maximum Gasteiger partial charge on any atom is 0.355 e. The Kier molecular flexibility index (Phi) is 10.3. The number of aryl methyl sites for hydroxylation is 3. The minimum atomic E-state index is -0.354. The van der Waals surface area contributed by atoms with Gasteiger partial charge in [0.05, 0.1) is 29.4 Å². The number of hydrogen-bond acceptors (Lipinski definition) is 5. The van der Waals surface area contributed by atoms with Crippen LogP contribution in [0.2, 0.25) is 5.02 Å². The number of halogens is 2. The third kappa shape index (κ3) is 6.67. The van der Waals surface area contributed by atoms with E-state index in [4.69, 9.17) is 26.2 Å². The Bertz CT molecular complexity index is 1940. The molecule has 5 aromatic rings. The average molecular weight is 657 g/mol. The minimum absolute atomic E-state index is 0.269. The van der Waals surface area contributed by atoms with Gasteiger partial charge >= 0.3 is 5.97 Å². The molecule has 246 valence electrons. The van der Waals surface area contributed by atoms with Crippen LogP contribution in [-0.4, -0.2) is 46.6 Å². The van der Waals surface area contributed by atoms with Gasteiger partial charge in [-0.1, -0.05) is 48.9 Å². The van der Waals surface area contributed by atoms with E-state index in [0.29, 0.717) is 42.5 Å². The van der Waals surface area contributed by atoms with Crippen molar-refractivity contribution < 1.29 is 18.7 Å². The van der Waals surface area contributed by atoms with Gasteiger partial charge in [-0.3, -0.25) is 4.68 Å². The number of nitrogens with zero attached hydrogens (tertiary/aromatic N) is 3. The molecule has 0 amide bonds. The number of hydrogen-bond donors (Lipinski definition) is 1. The zero-order valence-corrected chi connectivity index (χ0v) is 28.1. The second-order valence-electron chi connectivity index (χ2n) is 11.9. The molecule has 9 heteroatoms. The SMILES string of the molecule is CCOC(=O)c1c(CCCOc2cccc3cc(F)ccc23)c2ccc(Cl)c3c2n1C/C=C\CNCCCCc1nn(C)c(CC)c1-3. The molecule has 0 radical (unpaired) electrons. The van der Waals surface area contributed by atoms with E-state index in [1.807, 2.05) is 49.0 Å². The van der Waals surface area contributed by atoms with Crippen molar-refractivity contribution in [2.24, 2.45) is 7.05 Å². The van der Waals surface area contributed by atoms with Crippen molar-refractivity contribution in [2.75, 3.05) is 26.3 Å². The van der Waals surface area contributed by atoms with Gasteiger partial charge in [0.1, 0.15) is 17.3 Å². The van der Waals surface area contributed by atoms with Crippen LogP contribution in [0.25, 0.3) is 32.8 Å². The molecular formula is C38H42ClFN4O3. The molecule has 0 spiro atoms. The summed E-state index contributed by atoms with van der Waals surface area (Å²) < 4.78 is 29.8. The molecule has 47 heavy (non-hydrogen) atoms. The van der Waals surface area contributed by atoms with Crippen LogP contribution < -0.4 is 10.1 Å². The van der Waals surface area contributed by atoms with Gasteiger partial charge in [0.15, 0.2) is 0 Å². The van der Waals surface area contributed by atoms with E-state index >= 15 is 0 Å². The molecule has 0 fully saturated rings. The van der Waals surface area contributed by atoms with Crippen LogP contribution in [0.5, 0.6) is 5.75 Å². The summed E-state index contributed by atoms with van der Waals surface area (Å²) in [6.45, 7) is 6.82. The number of allylic oxidation sites excluding steroid dienone is 1. The van der Waals surface area contributed by atoms with Crippen LogP contribution in [0, 0.1) is 5.82 Å². The van der Waals surface area contributed by atoms with Crippen molar-refractivity contribution in [1.29, 1.82) is 0 Å². The van der Waals surface area contributed by atoms with Crippen molar-refractivity contribution in [3.63, 3.8) is 0 Å². The highest BCUT2D eigenvalue weighted by molar-refractivity contribution is 6.35. The van der Waals surface area contributed by atoms with Gasteiger partial charge in [0.2, 0.25) is 0 Å². The largest absolute Gasteiger partial charge is 0.493 e. The number of esters is 1. The Morgan fingerprint density at radius 2 is 1.91 bits per heavy atom. The smallest absolute Gasteiger partial charge is 0.355 e. The molecule has 1 N–H and O–H groups in total. The Morgan fingerprint density at radius 3 is 2.74 bits per heavy atom. The molecule has 1 aliphatic rings. The number of aromatic nitrogens is 3. The molecule has 2 aromatic heterocycles. The van der Waals surface area contributed by atoms with Crippen molar-refractivity contribution in [3.8, 4) is 16.9 Å². The maximum atomic E-state index is 13.8. The first-order chi connectivity index (χ1) is 22.9. The maximum absolute atomic E-state index is 13.8. The third-order valence-corrected chi connectivity index (χ3v) is 9.25. The predicted molar refractivity (Wildman–Crippen MR) is 187 cm³/mol. The van der Waals surface area contributed by atoms with Crippen LogP contribution in [0.15, 0.2) is 60.7 Å². The van der Waals surface area contributed by atoms with E-state index in [1.165, 1.54) is 12.1 Å². The Morgan fingerprint density at radius 1 is 1.06 bits per heavy atom. The molecule has 0 bridgehead atoms. The summed E-state index contributed by atoms with van der Waals surface area (Å²) in [5, 5.41) is 11.8. The summed E-state index contributed by atoms with van der Waals surface area (Å²) >= 11 is 7.14. The molecule has 0 saturated heterocycles. The quantitative estimate of drug-likeness (QED) is 0.104. The number of nitrogens with one attached hydrogen (secondary N) is 1. The number of carbonyl (C=O) groups is 1. The number of carbonyl (C=O) groups excluding carboxylic acids is 1. The highest BCUT2D eigenvalue weighted by Crippen LogP contribution is 2.43. The van der Waals surface area contributed by atoms with Crippen molar-refractivity contribution in [2.45, 2.75) is 58.9 Å². The van der Waals surface area contributed by atoms with Gasteiger partial charge in [-0.25, -0.2) is 9.18 Å². The van der Waals surface area contributed by atoms with Crippen LogP contribution >= 0.6 is 11.6 Å². The number of ether oxygens (including phenoxy) is 2. The second-order valence-corrected chi connectivity index (χ2v) is 12.3. The molecular weight excluding hydrogens is 615 g/mol. The fraction of sp³-hybridized carbons (Fsp3) is 0.368. The van der Waals surface area contributed by atoms with Crippen LogP contribution in [0.4, 0.5) is 4.39 Å². The zero-order chi connectivity index (χ0) is 32.9. The highest BCUT2D eigenvalue weighted by atomic mass is 35.5. The topological polar surface area (TPSA) is 70.3 Å². The Labute approximate surface area is 280 Å². The van der Waals surface area contributed by atoms with Gasteiger partial charge in [0, 0.05) is 47.7 Å². The lowest BCUT2D eigenvalue weighted by Gasteiger charge is -2.15. The summed E-state index contributed by atoms with van der Waals surface area (Å²) in [7, 11) is 2.00. The summed E-state index contributed by atoms with van der Waals surface area (Å²) in [4.78, 5) is 13.8. The molecule has 1 aliphatic heterocycles. The van der Waals surface area contributed by atoms with E-state index in [1.54, 1.807) is 6.07 Å². The van der Waals surface area contributed by atoms with Crippen LogP contribution in [0.1, 0.15) is 60.5 Å². The van der Waals surface area contributed by atoms with Gasteiger partial charge in [-0.15, -0.1) is 0 Å². The first-order valence-corrected chi connectivity index (χ1v) is 17.0. The van der Waals surface area contributed by atoms with E-state index < -0.39 is 0 Å². The lowest BCUT2D eigenvalue weighted by atomic mass is 9.95. The Balaban J connectivity index is 1.47. The molecule has 7 nitrogen and oxygen atoms in total. The molecule has 3 heterocycles. The van der Waals surface area contributed by atoms with Crippen LogP contribution in [-0.2, 0) is 37.6 Å². The van der Waals surface area contributed by atoms with E-state index in [-0.39, 0.29) is 18.4 Å². The highest BCUT2D eigenvalue weighted by Gasteiger charge is 2.29. The fourth-order valence-corrected chi connectivity index (χ4v) is 7.11. The van der Waals surface area contributed by atoms with Gasteiger partial charge in [-0.05, 0) is 93.3 Å². The van der Waals surface area contributed by atoms with Gasteiger partial charge < -0.3 is 19.4 Å².